The Hall–Kier alpha value is -0.870. The van der Waals surface area contributed by atoms with Crippen molar-refractivity contribution in [2.75, 3.05) is 20.2 Å². The van der Waals surface area contributed by atoms with Crippen molar-refractivity contribution in [2.45, 2.75) is 19.4 Å². The molecule has 0 aromatic rings. The van der Waals surface area contributed by atoms with Gasteiger partial charge < -0.3 is 15.2 Å². The largest absolute Gasteiger partial charge is 0.478 e. The molecule has 0 fully saturated rings. The van der Waals surface area contributed by atoms with E-state index in [0.717, 1.165) is 6.08 Å². The molecule has 0 aliphatic rings. The van der Waals surface area contributed by atoms with Gasteiger partial charge in [-0.2, -0.15) is 0 Å². The first-order chi connectivity index (χ1) is 5.98. The van der Waals surface area contributed by atoms with Gasteiger partial charge in [-0.1, -0.05) is 6.08 Å². The molecule has 0 rings (SSSR count). The van der Waals surface area contributed by atoms with E-state index < -0.39 is 5.97 Å². The van der Waals surface area contributed by atoms with E-state index in [1.54, 1.807) is 13.2 Å². The van der Waals surface area contributed by atoms with Crippen LogP contribution in [0.15, 0.2) is 12.2 Å². The highest BCUT2D eigenvalue weighted by Gasteiger charge is 2.14. The van der Waals surface area contributed by atoms with E-state index >= 15 is 0 Å². The molecule has 13 heavy (non-hydrogen) atoms. The smallest absolute Gasteiger partial charge is 0.328 e. The van der Waals surface area contributed by atoms with Crippen molar-refractivity contribution in [3.8, 4) is 0 Å². The Bertz CT molecular complexity index is 187. The number of hydrogen-bond donors (Lipinski definition) is 2. The van der Waals surface area contributed by atoms with Gasteiger partial charge in [0.15, 0.2) is 0 Å². The predicted molar refractivity (Wildman–Crippen MR) is 50.7 cm³/mol. The Kier molecular flexibility index (Phi) is 5.34. The van der Waals surface area contributed by atoms with E-state index in [-0.39, 0.29) is 5.60 Å². The van der Waals surface area contributed by atoms with E-state index in [2.05, 4.69) is 5.32 Å². The van der Waals surface area contributed by atoms with Gasteiger partial charge in [-0.15, -0.1) is 0 Å². The Labute approximate surface area is 78.6 Å². The summed E-state index contributed by atoms with van der Waals surface area (Å²) in [6, 6.07) is 0. The summed E-state index contributed by atoms with van der Waals surface area (Å²) in [7, 11) is 1.65. The van der Waals surface area contributed by atoms with Crippen LogP contribution in [0.3, 0.4) is 0 Å². The summed E-state index contributed by atoms with van der Waals surface area (Å²) in [5.41, 5.74) is -0.211. The number of nitrogens with one attached hydrogen (secondary N) is 1. The van der Waals surface area contributed by atoms with Crippen LogP contribution < -0.4 is 5.32 Å². The monoisotopic (exact) mass is 187 g/mol. The molecule has 0 heterocycles. The number of methoxy groups -OCH3 is 1. The lowest BCUT2D eigenvalue weighted by Gasteiger charge is -2.22. The zero-order valence-corrected chi connectivity index (χ0v) is 8.33. The second-order valence-corrected chi connectivity index (χ2v) is 3.34. The topological polar surface area (TPSA) is 58.6 Å². The first kappa shape index (κ1) is 12.1. The van der Waals surface area contributed by atoms with Crippen molar-refractivity contribution in [3.63, 3.8) is 0 Å². The standard InChI is InChI=1S/C9H17NO3/c1-9(2,13-3)7-10-6-4-5-8(11)12/h4-5,10H,6-7H2,1-3H3,(H,11,12)/b5-4+. The van der Waals surface area contributed by atoms with Crippen LogP contribution in [0.25, 0.3) is 0 Å². The van der Waals surface area contributed by atoms with Gasteiger partial charge in [0.25, 0.3) is 0 Å². The molecule has 0 saturated carbocycles. The number of carbonyl (C=O) groups is 1. The van der Waals surface area contributed by atoms with Gasteiger partial charge in [0, 0.05) is 26.3 Å². The molecular formula is C9H17NO3. The number of hydrogen-bond acceptors (Lipinski definition) is 3. The molecule has 0 aromatic carbocycles. The van der Waals surface area contributed by atoms with Gasteiger partial charge in [-0.05, 0) is 13.8 Å². The summed E-state index contributed by atoms with van der Waals surface area (Å²) in [6.45, 7) is 5.15. The minimum Gasteiger partial charge on any atom is -0.478 e. The maximum atomic E-state index is 10.1. The fourth-order valence-corrected chi connectivity index (χ4v) is 0.688. The van der Waals surface area contributed by atoms with E-state index in [1.165, 1.54) is 0 Å². The van der Waals surface area contributed by atoms with E-state index in [4.69, 9.17) is 9.84 Å². The molecule has 0 unspecified atom stereocenters. The molecule has 0 aliphatic carbocycles. The minimum atomic E-state index is -0.923. The third-order valence-electron chi connectivity index (χ3n) is 1.63. The molecular weight excluding hydrogens is 170 g/mol. The lowest BCUT2D eigenvalue weighted by atomic mass is 10.1. The molecule has 0 spiro atoms. The predicted octanol–water partition coefficient (Wildman–Crippen LogP) is 0.642. The van der Waals surface area contributed by atoms with Crippen molar-refractivity contribution in [3.05, 3.63) is 12.2 Å². The maximum absolute atomic E-state index is 10.1. The molecule has 0 aliphatic heterocycles. The molecule has 0 atom stereocenters. The number of aliphatic carboxylic acids is 1. The number of carboxylic acids is 1. The van der Waals surface area contributed by atoms with Gasteiger partial charge in [-0.25, -0.2) is 4.79 Å². The average Bonchev–Trinajstić information content (AvgIpc) is 2.03. The normalized spacial score (nSPS) is 12.2. The lowest BCUT2D eigenvalue weighted by Crippen LogP contribution is -2.36. The first-order valence-electron chi connectivity index (χ1n) is 4.13. The van der Waals surface area contributed by atoms with Crippen LogP contribution in [0.4, 0.5) is 0 Å². The lowest BCUT2D eigenvalue weighted by molar-refractivity contribution is -0.131. The molecule has 4 heteroatoms. The van der Waals surface area contributed by atoms with Crippen molar-refractivity contribution < 1.29 is 14.6 Å². The quantitative estimate of drug-likeness (QED) is 0.473. The molecule has 0 radical (unpaired) electrons. The third kappa shape index (κ3) is 7.49. The zero-order chi connectivity index (χ0) is 10.3. The SMILES string of the molecule is COC(C)(C)CNC/C=C/C(=O)O. The molecule has 0 bridgehead atoms. The molecule has 76 valence electrons. The van der Waals surface area contributed by atoms with Crippen LogP contribution >= 0.6 is 0 Å². The van der Waals surface area contributed by atoms with Crippen LogP contribution in [0.2, 0.25) is 0 Å². The zero-order valence-electron chi connectivity index (χ0n) is 8.33. The molecule has 0 aromatic heterocycles. The van der Waals surface area contributed by atoms with Crippen LogP contribution in [0, 0.1) is 0 Å². The highest BCUT2D eigenvalue weighted by Crippen LogP contribution is 2.03. The number of carboxylic acid groups (broad SMARTS) is 1. The van der Waals surface area contributed by atoms with Crippen molar-refractivity contribution in [1.82, 2.24) is 5.32 Å². The minimum absolute atomic E-state index is 0.211. The maximum Gasteiger partial charge on any atom is 0.328 e. The molecule has 4 nitrogen and oxygen atoms in total. The first-order valence-corrected chi connectivity index (χ1v) is 4.13. The Morgan fingerprint density at radius 2 is 2.23 bits per heavy atom. The van der Waals surface area contributed by atoms with Crippen LogP contribution in [-0.4, -0.2) is 36.9 Å². The van der Waals surface area contributed by atoms with Gasteiger partial charge in [-0.3, -0.25) is 0 Å². The molecule has 0 amide bonds. The fraction of sp³-hybridized carbons (Fsp3) is 0.667. The second kappa shape index (κ2) is 5.72. The second-order valence-electron chi connectivity index (χ2n) is 3.34. The Morgan fingerprint density at radius 3 is 2.69 bits per heavy atom. The number of rotatable bonds is 6. The summed E-state index contributed by atoms with van der Waals surface area (Å²) < 4.78 is 5.16. The van der Waals surface area contributed by atoms with Crippen molar-refractivity contribution in [1.29, 1.82) is 0 Å². The van der Waals surface area contributed by atoms with Crippen molar-refractivity contribution in [2.24, 2.45) is 0 Å². The number of ether oxygens (including phenoxy) is 1. The van der Waals surface area contributed by atoms with Crippen LogP contribution in [0.1, 0.15) is 13.8 Å². The van der Waals surface area contributed by atoms with Crippen LogP contribution in [-0.2, 0) is 9.53 Å². The summed E-state index contributed by atoms with van der Waals surface area (Å²) >= 11 is 0. The fourth-order valence-electron chi connectivity index (χ4n) is 0.688. The Balaban J connectivity index is 3.51. The highest BCUT2D eigenvalue weighted by molar-refractivity contribution is 5.79. The van der Waals surface area contributed by atoms with Gasteiger partial charge in [0.1, 0.15) is 0 Å². The van der Waals surface area contributed by atoms with Crippen LogP contribution in [0.5, 0.6) is 0 Å². The van der Waals surface area contributed by atoms with Gasteiger partial charge >= 0.3 is 5.97 Å². The Morgan fingerprint density at radius 1 is 1.62 bits per heavy atom. The van der Waals surface area contributed by atoms with Gasteiger partial charge in [0.05, 0.1) is 5.60 Å². The summed E-state index contributed by atoms with van der Waals surface area (Å²) in [5, 5.41) is 11.3. The van der Waals surface area contributed by atoms with E-state index in [9.17, 15) is 4.79 Å². The van der Waals surface area contributed by atoms with E-state index in [0.29, 0.717) is 13.1 Å². The van der Waals surface area contributed by atoms with Crippen molar-refractivity contribution >= 4 is 5.97 Å². The summed E-state index contributed by atoms with van der Waals surface area (Å²) in [4.78, 5) is 10.1. The average molecular weight is 187 g/mol. The van der Waals surface area contributed by atoms with Gasteiger partial charge in [0.2, 0.25) is 0 Å². The summed E-state index contributed by atoms with van der Waals surface area (Å²) in [6.07, 6.45) is 2.68. The molecule has 2 N–H and O–H groups in total. The summed E-state index contributed by atoms with van der Waals surface area (Å²) in [5.74, 6) is -0.923. The highest BCUT2D eigenvalue weighted by atomic mass is 16.5. The molecule has 0 saturated heterocycles. The third-order valence-corrected chi connectivity index (χ3v) is 1.63. The van der Waals surface area contributed by atoms with E-state index in [1.807, 2.05) is 13.8 Å².